The summed E-state index contributed by atoms with van der Waals surface area (Å²) in [5.74, 6) is 0.516. The number of rotatable bonds is 5. The number of ether oxygens (including phenoxy) is 2. The van der Waals surface area contributed by atoms with E-state index in [1.165, 1.54) is 13.2 Å². The van der Waals surface area contributed by atoms with E-state index in [4.69, 9.17) is 9.47 Å². The molecular formula is C14H17FN2O2. The van der Waals surface area contributed by atoms with Crippen molar-refractivity contribution in [1.82, 2.24) is 9.78 Å². The molecule has 4 nitrogen and oxygen atoms in total. The molecule has 0 N–H and O–H groups in total. The van der Waals surface area contributed by atoms with Crippen LogP contribution >= 0.6 is 0 Å². The van der Waals surface area contributed by atoms with Crippen LogP contribution in [0.2, 0.25) is 0 Å². The van der Waals surface area contributed by atoms with Gasteiger partial charge in [-0.15, -0.1) is 0 Å². The second-order valence-corrected chi connectivity index (χ2v) is 4.51. The van der Waals surface area contributed by atoms with Gasteiger partial charge in [0.25, 0.3) is 0 Å². The molecule has 0 atom stereocenters. The fraction of sp³-hybridized carbons (Fsp3) is 0.357. The number of nitrogens with zero attached hydrogens (tertiary/aromatic N) is 2. The molecule has 0 radical (unpaired) electrons. The van der Waals surface area contributed by atoms with Crippen molar-refractivity contribution in [3.63, 3.8) is 0 Å². The number of aromatic nitrogens is 2. The van der Waals surface area contributed by atoms with E-state index < -0.39 is 0 Å². The summed E-state index contributed by atoms with van der Waals surface area (Å²) in [4.78, 5) is 0. The van der Waals surface area contributed by atoms with Crippen LogP contribution < -0.4 is 9.47 Å². The van der Waals surface area contributed by atoms with Crippen LogP contribution in [0.3, 0.4) is 0 Å². The van der Waals surface area contributed by atoms with Gasteiger partial charge in [0, 0.05) is 6.04 Å². The first-order chi connectivity index (χ1) is 9.10. The topological polar surface area (TPSA) is 36.3 Å². The highest BCUT2D eigenvalue weighted by Gasteiger charge is 2.06. The van der Waals surface area contributed by atoms with E-state index in [9.17, 15) is 4.39 Å². The summed E-state index contributed by atoms with van der Waals surface area (Å²) in [5, 5.41) is 4.17. The number of hydrogen-bond donors (Lipinski definition) is 0. The molecule has 1 heterocycles. The monoisotopic (exact) mass is 264 g/mol. The summed E-state index contributed by atoms with van der Waals surface area (Å²) in [6.07, 6.45) is 3.48. The summed E-state index contributed by atoms with van der Waals surface area (Å²) in [7, 11) is 1.44. The quantitative estimate of drug-likeness (QED) is 0.832. The Labute approximate surface area is 111 Å². The van der Waals surface area contributed by atoms with Crippen molar-refractivity contribution in [2.75, 3.05) is 7.11 Å². The van der Waals surface area contributed by atoms with Gasteiger partial charge >= 0.3 is 0 Å². The molecule has 0 aliphatic carbocycles. The van der Waals surface area contributed by atoms with Crippen LogP contribution in [0, 0.1) is 5.82 Å². The van der Waals surface area contributed by atoms with Gasteiger partial charge in [0.05, 0.1) is 19.5 Å². The van der Waals surface area contributed by atoms with Crippen molar-refractivity contribution in [3.8, 4) is 11.5 Å². The molecule has 0 fully saturated rings. The first-order valence-corrected chi connectivity index (χ1v) is 6.09. The third-order valence-corrected chi connectivity index (χ3v) is 2.73. The lowest BCUT2D eigenvalue weighted by molar-refractivity contribution is 0.304. The largest absolute Gasteiger partial charge is 0.494 e. The Balaban J connectivity index is 1.99. The molecule has 0 aliphatic heterocycles. The van der Waals surface area contributed by atoms with Gasteiger partial charge in [-0.25, -0.2) is 4.39 Å². The molecule has 2 rings (SSSR count). The third kappa shape index (κ3) is 3.24. The second-order valence-electron chi connectivity index (χ2n) is 4.51. The maximum atomic E-state index is 13.5. The van der Waals surface area contributed by atoms with Gasteiger partial charge in [-0.3, -0.25) is 4.68 Å². The van der Waals surface area contributed by atoms with Crippen molar-refractivity contribution in [2.24, 2.45) is 0 Å². The lowest BCUT2D eigenvalue weighted by atomic mass is 10.2. The van der Waals surface area contributed by atoms with Gasteiger partial charge in [-0.1, -0.05) is 6.07 Å². The van der Waals surface area contributed by atoms with Crippen molar-refractivity contribution in [3.05, 3.63) is 42.0 Å². The van der Waals surface area contributed by atoms with Gasteiger partial charge < -0.3 is 9.47 Å². The maximum Gasteiger partial charge on any atom is 0.165 e. The van der Waals surface area contributed by atoms with Gasteiger partial charge in [-0.2, -0.15) is 5.10 Å². The minimum absolute atomic E-state index is 0.233. The number of hydrogen-bond acceptors (Lipinski definition) is 3. The summed E-state index contributed by atoms with van der Waals surface area (Å²) in [6, 6.07) is 5.06. The molecular weight excluding hydrogens is 247 g/mol. The highest BCUT2D eigenvalue weighted by Crippen LogP contribution is 2.19. The fourth-order valence-corrected chi connectivity index (χ4v) is 1.64. The number of methoxy groups -OCH3 is 1. The molecule has 0 amide bonds. The van der Waals surface area contributed by atoms with E-state index in [2.05, 4.69) is 5.10 Å². The Hall–Kier alpha value is -2.04. The number of halogens is 1. The molecule has 19 heavy (non-hydrogen) atoms. The van der Waals surface area contributed by atoms with E-state index in [-0.39, 0.29) is 17.6 Å². The summed E-state index contributed by atoms with van der Waals surface area (Å²) >= 11 is 0. The first-order valence-electron chi connectivity index (χ1n) is 6.09. The zero-order valence-corrected chi connectivity index (χ0v) is 11.3. The predicted molar refractivity (Wildman–Crippen MR) is 69.9 cm³/mol. The van der Waals surface area contributed by atoms with Crippen LogP contribution in [0.5, 0.6) is 11.5 Å². The Morgan fingerprint density at radius 3 is 2.74 bits per heavy atom. The van der Waals surface area contributed by atoms with Crippen molar-refractivity contribution >= 4 is 0 Å². The molecule has 102 valence electrons. The minimum Gasteiger partial charge on any atom is -0.494 e. The average Bonchev–Trinajstić information content (AvgIpc) is 2.85. The summed E-state index contributed by atoms with van der Waals surface area (Å²) in [5.41, 5.74) is 0.746. The Kier molecular flexibility index (Phi) is 4.04. The molecule has 1 aromatic carbocycles. The Bertz CT molecular complexity index is 552. The van der Waals surface area contributed by atoms with E-state index in [0.717, 1.165) is 5.56 Å². The van der Waals surface area contributed by atoms with Crippen LogP contribution in [-0.4, -0.2) is 16.9 Å². The Morgan fingerprint density at radius 1 is 1.37 bits per heavy atom. The molecule has 0 unspecified atom stereocenters. The first kappa shape index (κ1) is 13.4. The second kappa shape index (κ2) is 5.73. The molecule has 0 aliphatic rings. The zero-order valence-electron chi connectivity index (χ0n) is 11.3. The molecule has 5 heteroatoms. The van der Waals surface area contributed by atoms with Crippen LogP contribution in [0.25, 0.3) is 0 Å². The molecule has 1 aromatic heterocycles. The van der Waals surface area contributed by atoms with Crippen LogP contribution in [0.1, 0.15) is 25.5 Å². The SMILES string of the molecule is COc1ccc(COc2cnn(C(C)C)c2)cc1F. The van der Waals surface area contributed by atoms with Crippen molar-refractivity contribution in [2.45, 2.75) is 26.5 Å². The van der Waals surface area contributed by atoms with Crippen LogP contribution in [0.4, 0.5) is 4.39 Å². The standard InChI is InChI=1S/C14H17FN2O2/c1-10(2)17-8-12(7-16-17)19-9-11-4-5-14(18-3)13(15)6-11/h4-8,10H,9H2,1-3H3. The van der Waals surface area contributed by atoms with E-state index in [0.29, 0.717) is 12.4 Å². The fourth-order valence-electron chi connectivity index (χ4n) is 1.64. The highest BCUT2D eigenvalue weighted by molar-refractivity contribution is 5.29. The van der Waals surface area contributed by atoms with Crippen molar-refractivity contribution in [1.29, 1.82) is 0 Å². The smallest absolute Gasteiger partial charge is 0.165 e. The predicted octanol–water partition coefficient (Wildman–Crippen LogP) is 3.19. The van der Waals surface area contributed by atoms with E-state index in [1.54, 1.807) is 18.3 Å². The van der Waals surface area contributed by atoms with Gasteiger partial charge in [0.15, 0.2) is 17.3 Å². The normalized spacial score (nSPS) is 10.8. The molecule has 0 saturated heterocycles. The van der Waals surface area contributed by atoms with Gasteiger partial charge in [0.2, 0.25) is 0 Å². The lowest BCUT2D eigenvalue weighted by Gasteiger charge is -2.06. The minimum atomic E-state index is -0.388. The van der Waals surface area contributed by atoms with E-state index >= 15 is 0 Å². The van der Waals surface area contributed by atoms with Gasteiger partial charge in [-0.05, 0) is 31.5 Å². The molecule has 0 spiro atoms. The summed E-state index contributed by atoms with van der Waals surface area (Å²) < 4.78 is 25.7. The third-order valence-electron chi connectivity index (χ3n) is 2.73. The molecule has 0 saturated carbocycles. The number of benzene rings is 1. The van der Waals surface area contributed by atoms with Crippen molar-refractivity contribution < 1.29 is 13.9 Å². The van der Waals surface area contributed by atoms with Crippen LogP contribution in [0.15, 0.2) is 30.6 Å². The highest BCUT2D eigenvalue weighted by atomic mass is 19.1. The Morgan fingerprint density at radius 2 is 2.16 bits per heavy atom. The lowest BCUT2D eigenvalue weighted by Crippen LogP contribution is -2.00. The molecule has 2 aromatic rings. The maximum absolute atomic E-state index is 13.5. The average molecular weight is 264 g/mol. The van der Waals surface area contributed by atoms with Gasteiger partial charge in [0.1, 0.15) is 6.61 Å². The zero-order chi connectivity index (χ0) is 13.8. The van der Waals surface area contributed by atoms with E-state index in [1.807, 2.05) is 24.7 Å². The van der Waals surface area contributed by atoms with Crippen LogP contribution in [-0.2, 0) is 6.61 Å². The molecule has 0 bridgehead atoms. The summed E-state index contributed by atoms with van der Waals surface area (Å²) in [6.45, 7) is 4.37.